The Morgan fingerprint density at radius 3 is 2.95 bits per heavy atom. The molecule has 0 unspecified atom stereocenters. The summed E-state index contributed by atoms with van der Waals surface area (Å²) in [6, 6.07) is 6.24. The maximum atomic E-state index is 10.9. The molecule has 6 heteroatoms. The molecular weight excluding hydrogens is 278 g/mol. The third kappa shape index (κ3) is 3.22. The number of aryl methyl sites for hydroxylation is 2. The molecule has 0 saturated heterocycles. The van der Waals surface area contributed by atoms with E-state index in [-0.39, 0.29) is 6.01 Å². The summed E-state index contributed by atoms with van der Waals surface area (Å²) in [6.45, 7) is 2.67. The molecular formula is C14H18ClN3O2. The highest BCUT2D eigenvalue weighted by molar-refractivity contribution is 6.17. The minimum absolute atomic E-state index is 0.195. The summed E-state index contributed by atoms with van der Waals surface area (Å²) in [6.07, 6.45) is 2.43. The van der Waals surface area contributed by atoms with E-state index in [9.17, 15) is 4.79 Å². The number of hydrogen-bond donors (Lipinski definition) is 1. The summed E-state index contributed by atoms with van der Waals surface area (Å²) in [7, 11) is 0. The normalized spacial score (nSPS) is 10.9. The number of primary amides is 1. The second-order valence-corrected chi connectivity index (χ2v) is 4.96. The number of nitrogens with two attached hydrogens (primary N) is 1. The molecule has 5 nitrogen and oxygen atoms in total. The van der Waals surface area contributed by atoms with Crippen LogP contribution >= 0.6 is 11.6 Å². The molecule has 108 valence electrons. The van der Waals surface area contributed by atoms with Crippen molar-refractivity contribution in [1.29, 1.82) is 0 Å². The monoisotopic (exact) mass is 295 g/mol. The van der Waals surface area contributed by atoms with Gasteiger partial charge in [0.05, 0.1) is 11.0 Å². The van der Waals surface area contributed by atoms with Crippen molar-refractivity contribution in [3.63, 3.8) is 0 Å². The Labute approximate surface area is 122 Å². The van der Waals surface area contributed by atoms with Gasteiger partial charge in [0, 0.05) is 12.4 Å². The fourth-order valence-electron chi connectivity index (χ4n) is 2.15. The minimum Gasteiger partial charge on any atom is -0.375 e. The Hall–Kier alpha value is -1.75. The number of rotatable bonds is 6. The molecule has 1 aromatic carbocycles. The highest BCUT2D eigenvalue weighted by atomic mass is 35.5. The fraction of sp³-hybridized carbons (Fsp3) is 0.429. The highest BCUT2D eigenvalue weighted by Gasteiger charge is 2.14. The van der Waals surface area contributed by atoms with Crippen LogP contribution in [0.5, 0.6) is 6.01 Å². The molecule has 1 aromatic heterocycles. The average molecular weight is 296 g/mol. The second-order valence-electron chi connectivity index (χ2n) is 4.58. The number of alkyl halides is 1. The van der Waals surface area contributed by atoms with Crippen molar-refractivity contribution in [3.8, 4) is 6.01 Å². The van der Waals surface area contributed by atoms with E-state index in [2.05, 4.69) is 18.0 Å². The van der Waals surface area contributed by atoms with Gasteiger partial charge in [-0.15, -0.1) is 11.6 Å². The molecule has 0 bridgehead atoms. The van der Waals surface area contributed by atoms with E-state index < -0.39 is 6.09 Å². The summed E-state index contributed by atoms with van der Waals surface area (Å²) in [5, 5.41) is 0. The van der Waals surface area contributed by atoms with E-state index in [1.54, 1.807) is 4.57 Å². The van der Waals surface area contributed by atoms with Gasteiger partial charge in [0.15, 0.2) is 0 Å². The topological polar surface area (TPSA) is 70.1 Å². The lowest BCUT2D eigenvalue weighted by molar-refractivity contribution is 0.205. The van der Waals surface area contributed by atoms with E-state index in [1.807, 2.05) is 12.1 Å². The number of nitrogens with zero attached hydrogens (tertiary/aromatic N) is 2. The van der Waals surface area contributed by atoms with Crippen LogP contribution < -0.4 is 10.5 Å². The van der Waals surface area contributed by atoms with Gasteiger partial charge in [-0.2, -0.15) is 4.98 Å². The molecule has 1 heterocycles. The van der Waals surface area contributed by atoms with Crippen molar-refractivity contribution >= 4 is 28.7 Å². The van der Waals surface area contributed by atoms with Crippen LogP contribution in [-0.4, -0.2) is 21.5 Å². The standard InChI is InChI=1S/C14H18ClN3O2/c1-2-3-4-10-5-6-11-12(9-10)18(8-7-15)14(17-11)20-13(16)19/h5-6,9H,2-4,7-8H2,1H3,(H2,16,19). The van der Waals surface area contributed by atoms with Gasteiger partial charge in [-0.3, -0.25) is 4.57 Å². The van der Waals surface area contributed by atoms with Crippen molar-refractivity contribution in [3.05, 3.63) is 23.8 Å². The van der Waals surface area contributed by atoms with E-state index in [1.165, 1.54) is 5.56 Å². The largest absolute Gasteiger partial charge is 0.412 e. The van der Waals surface area contributed by atoms with E-state index in [4.69, 9.17) is 22.1 Å². The number of aromatic nitrogens is 2. The van der Waals surface area contributed by atoms with Crippen LogP contribution in [0.15, 0.2) is 18.2 Å². The predicted molar refractivity (Wildman–Crippen MR) is 79.3 cm³/mol. The quantitative estimate of drug-likeness (QED) is 0.833. The van der Waals surface area contributed by atoms with Gasteiger partial charge >= 0.3 is 12.1 Å². The van der Waals surface area contributed by atoms with E-state index >= 15 is 0 Å². The zero-order chi connectivity index (χ0) is 14.5. The van der Waals surface area contributed by atoms with Gasteiger partial charge in [0.25, 0.3) is 0 Å². The van der Waals surface area contributed by atoms with E-state index in [0.717, 1.165) is 30.3 Å². The van der Waals surface area contributed by atoms with Crippen LogP contribution in [0.1, 0.15) is 25.3 Å². The highest BCUT2D eigenvalue weighted by Crippen LogP contribution is 2.23. The predicted octanol–water partition coefficient (Wildman–Crippen LogP) is 3.08. The van der Waals surface area contributed by atoms with Gasteiger partial charge in [0.1, 0.15) is 0 Å². The Morgan fingerprint density at radius 2 is 2.30 bits per heavy atom. The molecule has 0 aliphatic rings. The number of imidazole rings is 1. The first-order chi connectivity index (χ1) is 9.65. The molecule has 0 atom stereocenters. The number of fused-ring (bicyclic) bond motifs is 1. The van der Waals surface area contributed by atoms with Gasteiger partial charge in [0.2, 0.25) is 0 Å². The smallest absolute Gasteiger partial charge is 0.375 e. The maximum absolute atomic E-state index is 10.9. The third-order valence-corrected chi connectivity index (χ3v) is 3.27. The minimum atomic E-state index is -0.873. The fourth-order valence-corrected chi connectivity index (χ4v) is 2.32. The van der Waals surface area contributed by atoms with Crippen LogP contribution in [0.2, 0.25) is 0 Å². The van der Waals surface area contributed by atoms with Crippen LogP contribution in [0.25, 0.3) is 11.0 Å². The second kappa shape index (κ2) is 6.61. The molecule has 0 saturated carbocycles. The molecule has 2 aromatic rings. The van der Waals surface area contributed by atoms with Crippen molar-refractivity contribution in [2.75, 3.05) is 5.88 Å². The van der Waals surface area contributed by atoms with Crippen LogP contribution in [-0.2, 0) is 13.0 Å². The molecule has 0 spiro atoms. The first kappa shape index (κ1) is 14.7. The number of ether oxygens (including phenoxy) is 1. The summed E-state index contributed by atoms with van der Waals surface area (Å²) < 4.78 is 6.72. The summed E-state index contributed by atoms with van der Waals surface area (Å²) >= 11 is 5.80. The van der Waals surface area contributed by atoms with Crippen molar-refractivity contribution < 1.29 is 9.53 Å². The molecule has 0 fully saturated rings. The number of halogens is 1. The summed E-state index contributed by atoms with van der Waals surface area (Å²) in [5.41, 5.74) is 7.98. The van der Waals surface area contributed by atoms with Gasteiger partial charge in [-0.05, 0) is 30.5 Å². The Balaban J connectivity index is 2.43. The molecule has 0 aliphatic carbocycles. The van der Waals surface area contributed by atoms with Crippen molar-refractivity contribution in [2.24, 2.45) is 5.73 Å². The Bertz CT molecular complexity index is 610. The maximum Gasteiger partial charge on any atom is 0.412 e. The summed E-state index contributed by atoms with van der Waals surface area (Å²) in [4.78, 5) is 15.2. The third-order valence-electron chi connectivity index (χ3n) is 3.10. The zero-order valence-corrected chi connectivity index (χ0v) is 12.2. The first-order valence-electron chi connectivity index (χ1n) is 6.68. The first-order valence-corrected chi connectivity index (χ1v) is 7.21. The number of hydrogen-bond acceptors (Lipinski definition) is 3. The molecule has 2 N–H and O–H groups in total. The lowest BCUT2D eigenvalue weighted by Crippen LogP contribution is -2.19. The van der Waals surface area contributed by atoms with E-state index in [0.29, 0.717) is 12.4 Å². The van der Waals surface area contributed by atoms with Gasteiger partial charge in [-0.25, -0.2) is 4.79 Å². The number of benzene rings is 1. The molecule has 2 rings (SSSR count). The SMILES string of the molecule is CCCCc1ccc2nc(OC(N)=O)n(CCCl)c2c1. The number of amides is 1. The lowest BCUT2D eigenvalue weighted by atomic mass is 10.1. The number of carbonyl (C=O) groups is 1. The van der Waals surface area contributed by atoms with Crippen molar-refractivity contribution in [1.82, 2.24) is 9.55 Å². The van der Waals surface area contributed by atoms with Crippen LogP contribution in [0.3, 0.4) is 0 Å². The zero-order valence-electron chi connectivity index (χ0n) is 11.4. The summed E-state index contributed by atoms with van der Waals surface area (Å²) in [5.74, 6) is 0.403. The Kier molecular flexibility index (Phi) is 4.84. The van der Waals surface area contributed by atoms with Crippen LogP contribution in [0, 0.1) is 0 Å². The number of carbonyl (C=O) groups excluding carboxylic acids is 1. The van der Waals surface area contributed by atoms with Gasteiger partial charge in [-0.1, -0.05) is 19.4 Å². The molecule has 20 heavy (non-hydrogen) atoms. The molecule has 0 aliphatic heterocycles. The average Bonchev–Trinajstić information content (AvgIpc) is 2.74. The lowest BCUT2D eigenvalue weighted by Gasteiger charge is -2.06. The molecule has 1 amide bonds. The Morgan fingerprint density at radius 1 is 1.50 bits per heavy atom. The van der Waals surface area contributed by atoms with Crippen molar-refractivity contribution in [2.45, 2.75) is 32.7 Å². The van der Waals surface area contributed by atoms with Gasteiger partial charge < -0.3 is 10.5 Å². The number of unbranched alkanes of at least 4 members (excludes halogenated alkanes) is 1. The molecule has 0 radical (unpaired) electrons. The van der Waals surface area contributed by atoms with Crippen LogP contribution in [0.4, 0.5) is 4.79 Å².